The molecule has 0 radical (unpaired) electrons. The fourth-order valence-corrected chi connectivity index (χ4v) is 2.12. The molecule has 2 rings (SSSR count). The van der Waals surface area contributed by atoms with Crippen molar-refractivity contribution >= 4 is 18.8 Å². The van der Waals surface area contributed by atoms with Crippen molar-refractivity contribution in [2.24, 2.45) is 0 Å². The molecule has 0 aliphatic rings. The maximum Gasteiger partial charge on any atom is 0.527 e. The van der Waals surface area contributed by atoms with Gasteiger partial charge in [0.1, 0.15) is 5.58 Å². The van der Waals surface area contributed by atoms with Crippen molar-refractivity contribution in [3.63, 3.8) is 0 Å². The van der Waals surface area contributed by atoms with E-state index < -0.39 is 7.82 Å². The third-order valence-corrected chi connectivity index (χ3v) is 3.22. The van der Waals surface area contributed by atoms with E-state index in [4.69, 9.17) is 14.2 Å². The van der Waals surface area contributed by atoms with E-state index in [1.54, 1.807) is 0 Å². The Labute approximate surface area is 110 Å². The Morgan fingerprint density at radius 2 is 2.16 bits per heavy atom. The second kappa shape index (κ2) is 5.35. The van der Waals surface area contributed by atoms with Crippen molar-refractivity contribution < 1.29 is 23.3 Å². The lowest BCUT2D eigenvalue weighted by Crippen LogP contribution is -2.23. The topological polar surface area (TPSA) is 91.9 Å². The summed E-state index contributed by atoms with van der Waals surface area (Å²) >= 11 is 0. The lowest BCUT2D eigenvalue weighted by atomic mass is 10.1. The van der Waals surface area contributed by atoms with Gasteiger partial charge in [-0.25, -0.2) is 4.57 Å². The third-order valence-electron chi connectivity index (χ3n) is 2.81. The van der Waals surface area contributed by atoms with Gasteiger partial charge in [-0.05, 0) is 32.0 Å². The third kappa shape index (κ3) is 3.81. The number of hydrogen-bond acceptors (Lipinski definition) is 4. The Hall–Kier alpha value is -1.33. The molecule has 1 aromatic heterocycles. The summed E-state index contributed by atoms with van der Waals surface area (Å²) < 4.78 is 20.4. The molecule has 1 heterocycles. The summed E-state index contributed by atoms with van der Waals surface area (Å²) in [6.07, 6.45) is 0.835. The van der Waals surface area contributed by atoms with Crippen LogP contribution in [0.3, 0.4) is 0 Å². The molecule has 1 aromatic carbocycles. The monoisotopic (exact) mass is 285 g/mol. The average Bonchev–Trinajstić information content (AvgIpc) is 2.67. The van der Waals surface area contributed by atoms with Crippen LogP contribution in [0.5, 0.6) is 5.95 Å². The Kier molecular flexibility index (Phi) is 3.96. The van der Waals surface area contributed by atoms with Gasteiger partial charge in [0.2, 0.25) is 0 Å². The molecule has 19 heavy (non-hydrogen) atoms. The zero-order chi connectivity index (χ0) is 14.0. The van der Waals surface area contributed by atoms with E-state index in [1.165, 1.54) is 6.07 Å². The van der Waals surface area contributed by atoms with E-state index >= 15 is 0 Å². The molecule has 0 aliphatic carbocycles. The van der Waals surface area contributed by atoms with Crippen LogP contribution in [0.25, 0.3) is 11.0 Å². The number of nitrogens with one attached hydrogen (secondary N) is 1. The molecule has 0 fully saturated rings. The molecule has 3 N–H and O–H groups in total. The SMILES string of the molecule is CN[C@H](C)Cc1ccc2cc(OP(=O)(O)O)oc2c1. The first-order valence-electron chi connectivity index (χ1n) is 5.82. The summed E-state index contributed by atoms with van der Waals surface area (Å²) in [5.74, 6) is -0.179. The van der Waals surface area contributed by atoms with E-state index in [9.17, 15) is 4.57 Å². The van der Waals surface area contributed by atoms with Gasteiger partial charge in [-0.2, -0.15) is 0 Å². The molecule has 2 aromatic rings. The maximum absolute atomic E-state index is 10.7. The van der Waals surface area contributed by atoms with Gasteiger partial charge in [0.25, 0.3) is 5.95 Å². The molecule has 6 nitrogen and oxygen atoms in total. The summed E-state index contributed by atoms with van der Waals surface area (Å²) in [7, 11) is -2.70. The predicted molar refractivity (Wildman–Crippen MR) is 71.1 cm³/mol. The van der Waals surface area contributed by atoms with E-state index in [-0.39, 0.29) is 5.95 Å². The van der Waals surface area contributed by atoms with Crippen molar-refractivity contribution in [2.45, 2.75) is 19.4 Å². The quantitative estimate of drug-likeness (QED) is 0.728. The molecular formula is C12H16NO5P. The van der Waals surface area contributed by atoms with E-state index in [0.717, 1.165) is 17.4 Å². The van der Waals surface area contributed by atoms with Crippen LogP contribution >= 0.6 is 7.82 Å². The van der Waals surface area contributed by atoms with Gasteiger partial charge in [0.15, 0.2) is 0 Å². The maximum atomic E-state index is 10.7. The largest absolute Gasteiger partial charge is 0.527 e. The van der Waals surface area contributed by atoms with Crippen LogP contribution in [-0.2, 0) is 11.0 Å². The van der Waals surface area contributed by atoms with E-state index in [1.807, 2.05) is 25.2 Å². The van der Waals surface area contributed by atoms with Crippen molar-refractivity contribution in [1.82, 2.24) is 5.32 Å². The lowest BCUT2D eigenvalue weighted by Gasteiger charge is -2.09. The van der Waals surface area contributed by atoms with Crippen LogP contribution in [-0.4, -0.2) is 22.9 Å². The van der Waals surface area contributed by atoms with Crippen LogP contribution in [0.2, 0.25) is 0 Å². The fourth-order valence-electron chi connectivity index (χ4n) is 1.80. The minimum atomic E-state index is -4.59. The normalized spacial score (nSPS) is 13.7. The van der Waals surface area contributed by atoms with Crippen molar-refractivity contribution in [1.29, 1.82) is 0 Å². The van der Waals surface area contributed by atoms with Gasteiger partial charge in [0.05, 0.1) is 0 Å². The zero-order valence-electron chi connectivity index (χ0n) is 10.7. The number of hydrogen-bond donors (Lipinski definition) is 3. The van der Waals surface area contributed by atoms with Crippen LogP contribution in [0.15, 0.2) is 28.7 Å². The smallest absolute Gasteiger partial charge is 0.425 e. The number of phosphoric ester groups is 1. The number of furan rings is 1. The molecule has 0 amide bonds. The summed E-state index contributed by atoms with van der Waals surface area (Å²) in [5, 5.41) is 3.88. The van der Waals surface area contributed by atoms with Crippen molar-refractivity contribution in [2.75, 3.05) is 7.05 Å². The molecular weight excluding hydrogens is 269 g/mol. The summed E-state index contributed by atoms with van der Waals surface area (Å²) in [6, 6.07) is 7.42. The second-order valence-corrected chi connectivity index (χ2v) is 5.58. The highest BCUT2D eigenvalue weighted by Crippen LogP contribution is 2.39. The van der Waals surface area contributed by atoms with Gasteiger partial charge >= 0.3 is 7.82 Å². The minimum absolute atomic E-state index is 0.179. The highest BCUT2D eigenvalue weighted by molar-refractivity contribution is 7.46. The summed E-state index contributed by atoms with van der Waals surface area (Å²) in [4.78, 5) is 17.4. The van der Waals surface area contributed by atoms with E-state index in [2.05, 4.69) is 16.8 Å². The molecule has 0 saturated heterocycles. The molecule has 1 atom stereocenters. The zero-order valence-corrected chi connectivity index (χ0v) is 11.6. The molecule has 0 aliphatic heterocycles. The Morgan fingerprint density at radius 3 is 2.79 bits per heavy atom. The molecule has 0 saturated carbocycles. The molecule has 0 spiro atoms. The van der Waals surface area contributed by atoms with Crippen LogP contribution < -0.4 is 9.84 Å². The number of fused-ring (bicyclic) bond motifs is 1. The first-order valence-corrected chi connectivity index (χ1v) is 7.35. The average molecular weight is 285 g/mol. The van der Waals surface area contributed by atoms with Gasteiger partial charge in [-0.1, -0.05) is 12.1 Å². The van der Waals surface area contributed by atoms with Crippen molar-refractivity contribution in [3.05, 3.63) is 29.8 Å². The van der Waals surface area contributed by atoms with Crippen LogP contribution in [0, 0.1) is 0 Å². The van der Waals surface area contributed by atoms with Gasteiger partial charge < -0.3 is 14.3 Å². The lowest BCUT2D eigenvalue weighted by molar-refractivity contribution is 0.258. The summed E-state index contributed by atoms with van der Waals surface area (Å²) in [5.41, 5.74) is 1.62. The van der Waals surface area contributed by atoms with E-state index in [0.29, 0.717) is 11.6 Å². The number of phosphoric acid groups is 1. The highest BCUT2D eigenvalue weighted by Gasteiger charge is 2.19. The van der Waals surface area contributed by atoms with Crippen molar-refractivity contribution in [3.8, 4) is 5.95 Å². The number of rotatable bonds is 5. The summed E-state index contributed by atoms with van der Waals surface area (Å²) in [6.45, 7) is 2.06. The first kappa shape index (κ1) is 14.1. The molecule has 0 unspecified atom stereocenters. The fraction of sp³-hybridized carbons (Fsp3) is 0.333. The first-order chi connectivity index (χ1) is 8.87. The second-order valence-electron chi connectivity index (χ2n) is 4.41. The molecule has 104 valence electrons. The highest BCUT2D eigenvalue weighted by atomic mass is 31.2. The van der Waals surface area contributed by atoms with Gasteiger partial charge in [-0.15, -0.1) is 0 Å². The number of likely N-dealkylation sites (N-methyl/N-ethyl adjacent to an activating group) is 1. The Bertz CT molecular complexity index is 618. The minimum Gasteiger partial charge on any atom is -0.425 e. The molecule has 0 bridgehead atoms. The van der Waals surface area contributed by atoms with Gasteiger partial charge in [0, 0.05) is 17.5 Å². The van der Waals surface area contributed by atoms with Crippen LogP contribution in [0.1, 0.15) is 12.5 Å². The van der Waals surface area contributed by atoms with Gasteiger partial charge in [-0.3, -0.25) is 9.79 Å². The Balaban J connectivity index is 2.26. The Morgan fingerprint density at radius 1 is 1.42 bits per heavy atom. The predicted octanol–water partition coefficient (Wildman–Crippen LogP) is 2.05. The standard InChI is InChI=1S/C12H16NO5P/c1-8(13-2)5-9-3-4-10-7-12(17-11(10)6-9)18-19(14,15)16/h3-4,6-8,13H,5H2,1-2H3,(H2,14,15,16)/t8-/m1/s1. The molecule has 7 heteroatoms. The van der Waals surface area contributed by atoms with Crippen LogP contribution in [0.4, 0.5) is 0 Å². The number of benzene rings is 1.